The molecule has 0 aromatic heterocycles. The van der Waals surface area contributed by atoms with Gasteiger partial charge in [-0.3, -0.25) is 14.9 Å². The third-order valence-electron chi connectivity index (χ3n) is 5.29. The van der Waals surface area contributed by atoms with Crippen molar-refractivity contribution < 1.29 is 19.2 Å². The SMILES string of the molecule is COc1cc(/C=C(\C#N)C(=O)Nc2cccc(C)c2C)cc(Cl)c1OCc1cccc([N+](=O)[O-])c1. The number of nitro groups is 1. The molecule has 0 saturated carbocycles. The Hall–Kier alpha value is -4.35. The van der Waals surface area contributed by atoms with Crippen LogP contribution in [0.5, 0.6) is 11.5 Å². The minimum atomic E-state index is -0.553. The van der Waals surface area contributed by atoms with E-state index in [4.69, 9.17) is 21.1 Å². The fourth-order valence-electron chi connectivity index (χ4n) is 3.27. The Balaban J connectivity index is 1.83. The van der Waals surface area contributed by atoms with Crippen LogP contribution in [0.1, 0.15) is 22.3 Å². The zero-order chi connectivity index (χ0) is 25.5. The molecule has 0 bridgehead atoms. The number of anilines is 1. The van der Waals surface area contributed by atoms with Gasteiger partial charge in [0.15, 0.2) is 11.5 Å². The lowest BCUT2D eigenvalue weighted by molar-refractivity contribution is -0.384. The molecule has 0 aliphatic heterocycles. The Labute approximate surface area is 207 Å². The van der Waals surface area contributed by atoms with Crippen LogP contribution in [0.4, 0.5) is 11.4 Å². The van der Waals surface area contributed by atoms with Gasteiger partial charge in [0.25, 0.3) is 11.6 Å². The molecule has 35 heavy (non-hydrogen) atoms. The number of nitro benzene ring substituents is 1. The Morgan fingerprint density at radius 1 is 1.20 bits per heavy atom. The van der Waals surface area contributed by atoms with Crippen LogP contribution in [0.2, 0.25) is 5.02 Å². The number of rotatable bonds is 8. The summed E-state index contributed by atoms with van der Waals surface area (Å²) in [5.74, 6) is -0.0418. The first kappa shape index (κ1) is 25.3. The Morgan fingerprint density at radius 3 is 2.63 bits per heavy atom. The molecule has 0 heterocycles. The number of carbonyl (C=O) groups is 1. The maximum Gasteiger partial charge on any atom is 0.269 e. The predicted octanol–water partition coefficient (Wildman–Crippen LogP) is 6.00. The zero-order valence-corrected chi connectivity index (χ0v) is 20.1. The topological polar surface area (TPSA) is 114 Å². The number of methoxy groups -OCH3 is 1. The molecule has 0 aliphatic rings. The molecular weight excluding hydrogens is 470 g/mol. The smallest absolute Gasteiger partial charge is 0.269 e. The van der Waals surface area contributed by atoms with Gasteiger partial charge in [0, 0.05) is 17.8 Å². The molecule has 3 aromatic rings. The zero-order valence-electron chi connectivity index (χ0n) is 19.3. The standard InChI is InChI=1S/C26H22ClN3O5/c1-16-6-4-9-23(17(16)2)29-26(31)20(14-28)10-19-12-22(27)25(24(13-19)34-3)35-15-18-7-5-8-21(11-18)30(32)33/h4-13H,15H2,1-3H3,(H,29,31)/b20-10+. The fraction of sp³-hybridized carbons (Fsp3) is 0.154. The van der Waals surface area contributed by atoms with Crippen LogP contribution in [-0.4, -0.2) is 17.9 Å². The number of aryl methyl sites for hydroxylation is 1. The summed E-state index contributed by atoms with van der Waals surface area (Å²) in [6, 6.07) is 16.6. The van der Waals surface area contributed by atoms with E-state index in [1.807, 2.05) is 32.0 Å². The molecule has 0 unspecified atom stereocenters. The third kappa shape index (κ3) is 6.16. The van der Waals surface area contributed by atoms with Gasteiger partial charge in [-0.05, 0) is 60.4 Å². The second-order valence-electron chi connectivity index (χ2n) is 7.62. The second-order valence-corrected chi connectivity index (χ2v) is 8.03. The number of nitriles is 1. The molecule has 1 N–H and O–H groups in total. The lowest BCUT2D eigenvalue weighted by atomic mass is 10.1. The molecule has 3 rings (SSSR count). The summed E-state index contributed by atoms with van der Waals surface area (Å²) < 4.78 is 11.2. The van der Waals surface area contributed by atoms with Crippen LogP contribution in [0.3, 0.4) is 0 Å². The van der Waals surface area contributed by atoms with Gasteiger partial charge in [0.05, 0.1) is 17.1 Å². The van der Waals surface area contributed by atoms with Crippen LogP contribution in [0.25, 0.3) is 6.08 Å². The van der Waals surface area contributed by atoms with Gasteiger partial charge in [0.1, 0.15) is 18.2 Å². The molecule has 0 spiro atoms. The number of amides is 1. The van der Waals surface area contributed by atoms with Gasteiger partial charge in [-0.15, -0.1) is 0 Å². The summed E-state index contributed by atoms with van der Waals surface area (Å²) in [6.07, 6.45) is 1.40. The summed E-state index contributed by atoms with van der Waals surface area (Å²) in [7, 11) is 1.43. The number of hydrogen-bond donors (Lipinski definition) is 1. The minimum absolute atomic E-state index is 0.0225. The third-order valence-corrected chi connectivity index (χ3v) is 5.57. The van der Waals surface area contributed by atoms with Crippen molar-refractivity contribution in [2.24, 2.45) is 0 Å². The second kappa shape index (κ2) is 11.2. The average molecular weight is 492 g/mol. The van der Waals surface area contributed by atoms with Crippen molar-refractivity contribution in [3.63, 3.8) is 0 Å². The number of non-ortho nitro benzene ring substituents is 1. The summed E-state index contributed by atoms with van der Waals surface area (Å²) in [5, 5.41) is 23.5. The van der Waals surface area contributed by atoms with Gasteiger partial charge >= 0.3 is 0 Å². The molecule has 1 amide bonds. The van der Waals surface area contributed by atoms with Crippen molar-refractivity contribution >= 4 is 35.0 Å². The number of benzene rings is 3. The highest BCUT2D eigenvalue weighted by Gasteiger charge is 2.16. The maximum atomic E-state index is 12.7. The van der Waals surface area contributed by atoms with Crippen LogP contribution >= 0.6 is 11.6 Å². The van der Waals surface area contributed by atoms with E-state index in [1.54, 1.807) is 24.3 Å². The Morgan fingerprint density at radius 2 is 1.94 bits per heavy atom. The van der Waals surface area contributed by atoms with Crippen molar-refractivity contribution in [2.75, 3.05) is 12.4 Å². The molecule has 178 valence electrons. The van der Waals surface area contributed by atoms with E-state index in [1.165, 1.54) is 31.4 Å². The van der Waals surface area contributed by atoms with E-state index in [9.17, 15) is 20.2 Å². The van der Waals surface area contributed by atoms with E-state index < -0.39 is 10.8 Å². The number of nitrogens with zero attached hydrogens (tertiary/aromatic N) is 2. The molecule has 8 nitrogen and oxygen atoms in total. The van der Waals surface area contributed by atoms with Gasteiger partial charge in [0.2, 0.25) is 0 Å². The van der Waals surface area contributed by atoms with E-state index in [2.05, 4.69) is 5.32 Å². The molecule has 3 aromatic carbocycles. The number of nitrogens with one attached hydrogen (secondary N) is 1. The quantitative estimate of drug-likeness (QED) is 0.179. The predicted molar refractivity (Wildman–Crippen MR) is 134 cm³/mol. The van der Waals surface area contributed by atoms with Gasteiger partial charge in [-0.25, -0.2) is 0 Å². The number of carbonyl (C=O) groups excluding carboxylic acids is 1. The Bertz CT molecular complexity index is 1360. The molecule has 0 atom stereocenters. The van der Waals surface area contributed by atoms with E-state index in [0.29, 0.717) is 16.8 Å². The van der Waals surface area contributed by atoms with Crippen LogP contribution < -0.4 is 14.8 Å². The van der Waals surface area contributed by atoms with Crippen molar-refractivity contribution in [3.05, 3.63) is 97.6 Å². The van der Waals surface area contributed by atoms with Crippen molar-refractivity contribution in [2.45, 2.75) is 20.5 Å². The lowest BCUT2D eigenvalue weighted by Gasteiger charge is -2.14. The van der Waals surface area contributed by atoms with Crippen LogP contribution in [0, 0.1) is 35.3 Å². The number of ether oxygens (including phenoxy) is 2. The molecule has 0 aliphatic carbocycles. The summed E-state index contributed by atoms with van der Waals surface area (Å²) >= 11 is 6.41. The number of hydrogen-bond acceptors (Lipinski definition) is 6. The van der Waals surface area contributed by atoms with E-state index in [-0.39, 0.29) is 34.4 Å². The van der Waals surface area contributed by atoms with Gasteiger partial charge in [-0.1, -0.05) is 35.9 Å². The van der Waals surface area contributed by atoms with E-state index in [0.717, 1.165) is 11.1 Å². The average Bonchev–Trinajstić information content (AvgIpc) is 2.84. The fourth-order valence-corrected chi connectivity index (χ4v) is 3.54. The molecule has 0 fully saturated rings. The van der Waals surface area contributed by atoms with Crippen molar-refractivity contribution in [1.82, 2.24) is 0 Å². The first-order chi connectivity index (χ1) is 16.7. The van der Waals surface area contributed by atoms with Gasteiger partial charge in [-0.2, -0.15) is 5.26 Å². The number of halogens is 1. The highest BCUT2D eigenvalue weighted by molar-refractivity contribution is 6.32. The molecule has 9 heteroatoms. The molecular formula is C26H22ClN3O5. The highest BCUT2D eigenvalue weighted by Crippen LogP contribution is 2.37. The molecule has 0 radical (unpaired) electrons. The monoisotopic (exact) mass is 491 g/mol. The van der Waals surface area contributed by atoms with E-state index >= 15 is 0 Å². The lowest BCUT2D eigenvalue weighted by Crippen LogP contribution is -2.14. The van der Waals surface area contributed by atoms with Crippen LogP contribution in [0.15, 0.2) is 60.2 Å². The van der Waals surface area contributed by atoms with Crippen molar-refractivity contribution in [3.8, 4) is 17.6 Å². The van der Waals surface area contributed by atoms with Crippen molar-refractivity contribution in [1.29, 1.82) is 5.26 Å². The normalized spacial score (nSPS) is 10.9. The maximum absolute atomic E-state index is 12.7. The largest absolute Gasteiger partial charge is 0.493 e. The first-order valence-corrected chi connectivity index (χ1v) is 10.8. The Kier molecular flexibility index (Phi) is 8.08. The summed E-state index contributed by atoms with van der Waals surface area (Å²) in [5.41, 5.74) is 3.42. The summed E-state index contributed by atoms with van der Waals surface area (Å²) in [6.45, 7) is 3.84. The highest BCUT2D eigenvalue weighted by atomic mass is 35.5. The molecule has 0 saturated heterocycles. The summed E-state index contributed by atoms with van der Waals surface area (Å²) in [4.78, 5) is 23.2. The minimum Gasteiger partial charge on any atom is -0.493 e. The van der Waals surface area contributed by atoms with Crippen LogP contribution in [-0.2, 0) is 11.4 Å². The van der Waals surface area contributed by atoms with Gasteiger partial charge < -0.3 is 14.8 Å². The first-order valence-electron chi connectivity index (χ1n) is 10.5.